The molecule has 0 aliphatic heterocycles. The van der Waals surface area contributed by atoms with Gasteiger partial charge in [-0.25, -0.2) is 10.1 Å². The van der Waals surface area contributed by atoms with Gasteiger partial charge in [0.05, 0.1) is 11.1 Å². The third kappa shape index (κ3) is 3.99. The maximum atomic E-state index is 12.7. The average Bonchev–Trinajstić information content (AvgIpc) is 3.03. The van der Waals surface area contributed by atoms with Crippen molar-refractivity contribution in [3.8, 4) is 0 Å². The normalized spacial score (nSPS) is 15.7. The number of aryl methyl sites for hydroxylation is 1. The summed E-state index contributed by atoms with van der Waals surface area (Å²) in [6.45, 7) is 4.34. The molecule has 0 unspecified atom stereocenters. The van der Waals surface area contributed by atoms with Gasteiger partial charge in [0.1, 0.15) is 0 Å². The second-order valence-electron chi connectivity index (χ2n) is 7.04. The van der Waals surface area contributed by atoms with E-state index in [0.717, 1.165) is 31.4 Å². The highest BCUT2D eigenvalue weighted by atomic mass is 16.2. The first kappa shape index (κ1) is 19.0. The number of rotatable bonds is 6. The van der Waals surface area contributed by atoms with Gasteiger partial charge in [0.15, 0.2) is 5.69 Å². The Morgan fingerprint density at radius 2 is 1.96 bits per heavy atom. The van der Waals surface area contributed by atoms with E-state index in [1.54, 1.807) is 31.3 Å². The van der Waals surface area contributed by atoms with Crippen LogP contribution in [0.25, 0.3) is 10.8 Å². The monoisotopic (exact) mass is 366 g/mol. The van der Waals surface area contributed by atoms with Gasteiger partial charge in [-0.3, -0.25) is 9.59 Å². The predicted octanol–water partition coefficient (Wildman–Crippen LogP) is 3.71. The number of hydrogen-bond donors (Lipinski definition) is 1. The van der Waals surface area contributed by atoms with Gasteiger partial charge >= 0.3 is 0 Å². The molecule has 142 valence electrons. The van der Waals surface area contributed by atoms with Crippen LogP contribution in [0.15, 0.2) is 45.3 Å². The van der Waals surface area contributed by atoms with Gasteiger partial charge in [0, 0.05) is 12.4 Å². The SMILES string of the molecule is CCCCCC1=C(C)CC/C1=N/NC(=O)c1nn(C)c(=O)c2ccccc12. The smallest absolute Gasteiger partial charge is 0.267 e. The van der Waals surface area contributed by atoms with Crippen LogP contribution in [0, 0.1) is 0 Å². The van der Waals surface area contributed by atoms with Gasteiger partial charge in [-0.1, -0.05) is 43.5 Å². The third-order valence-corrected chi connectivity index (χ3v) is 5.09. The molecule has 6 heteroatoms. The lowest BCUT2D eigenvalue weighted by molar-refractivity contribution is 0.0949. The Morgan fingerprint density at radius 3 is 2.70 bits per heavy atom. The molecular weight excluding hydrogens is 340 g/mol. The number of hydrazone groups is 1. The molecular formula is C21H26N4O2. The molecule has 1 aromatic heterocycles. The van der Waals surface area contributed by atoms with Gasteiger partial charge in [-0.15, -0.1) is 0 Å². The summed E-state index contributed by atoms with van der Waals surface area (Å²) in [7, 11) is 1.55. The summed E-state index contributed by atoms with van der Waals surface area (Å²) in [5.41, 5.74) is 6.26. The van der Waals surface area contributed by atoms with Crippen molar-refractivity contribution in [1.29, 1.82) is 0 Å². The highest BCUT2D eigenvalue weighted by Gasteiger charge is 2.20. The lowest BCUT2D eigenvalue weighted by Crippen LogP contribution is -2.27. The van der Waals surface area contributed by atoms with E-state index >= 15 is 0 Å². The standard InChI is InChI=1S/C21H26N4O2/c1-4-5-6-9-15-14(2)12-13-18(15)22-23-20(26)19-16-10-7-8-11-17(16)21(27)25(3)24-19/h7-8,10-11H,4-6,9,12-13H2,1-3H3,(H,23,26)/b22-18-. The maximum Gasteiger partial charge on any atom is 0.292 e. The topological polar surface area (TPSA) is 76.3 Å². The number of carbonyl (C=O) groups is 1. The number of aromatic nitrogens is 2. The first-order valence-electron chi connectivity index (χ1n) is 9.55. The molecule has 1 aromatic carbocycles. The molecule has 27 heavy (non-hydrogen) atoms. The molecule has 6 nitrogen and oxygen atoms in total. The second-order valence-corrected chi connectivity index (χ2v) is 7.04. The minimum absolute atomic E-state index is 0.211. The molecule has 0 saturated carbocycles. The van der Waals surface area contributed by atoms with Crippen LogP contribution in [0.5, 0.6) is 0 Å². The molecule has 0 atom stereocenters. The lowest BCUT2D eigenvalue weighted by atomic mass is 10.0. The van der Waals surface area contributed by atoms with Crippen molar-refractivity contribution in [2.24, 2.45) is 12.1 Å². The Hall–Kier alpha value is -2.76. The van der Waals surface area contributed by atoms with Crippen LogP contribution in [-0.4, -0.2) is 21.4 Å². The zero-order valence-electron chi connectivity index (χ0n) is 16.2. The van der Waals surface area contributed by atoms with E-state index in [1.165, 1.54) is 28.7 Å². The first-order chi connectivity index (χ1) is 13.0. The number of benzene rings is 1. The maximum absolute atomic E-state index is 12.7. The Bertz CT molecular complexity index is 985. The van der Waals surface area contributed by atoms with Crippen LogP contribution in [0.1, 0.15) is 62.9 Å². The summed E-state index contributed by atoms with van der Waals surface area (Å²) < 4.78 is 1.19. The third-order valence-electron chi connectivity index (χ3n) is 5.09. The van der Waals surface area contributed by atoms with Gasteiger partial charge in [0.25, 0.3) is 11.5 Å². The number of nitrogens with zero attached hydrogens (tertiary/aromatic N) is 3. The van der Waals surface area contributed by atoms with Gasteiger partial charge in [0.2, 0.25) is 0 Å². The minimum atomic E-state index is -0.397. The van der Waals surface area contributed by atoms with Crippen LogP contribution in [0.4, 0.5) is 0 Å². The first-order valence-corrected chi connectivity index (χ1v) is 9.55. The predicted molar refractivity (Wildman–Crippen MR) is 108 cm³/mol. The zero-order chi connectivity index (χ0) is 19.4. The minimum Gasteiger partial charge on any atom is -0.267 e. The van der Waals surface area contributed by atoms with Gasteiger partial charge in [-0.05, 0) is 44.2 Å². The molecule has 1 aliphatic carbocycles. The Balaban J connectivity index is 1.84. The fourth-order valence-corrected chi connectivity index (χ4v) is 3.53. The molecule has 3 rings (SSSR count). The molecule has 0 saturated heterocycles. The number of amides is 1. The molecule has 1 amide bonds. The highest BCUT2D eigenvalue weighted by Crippen LogP contribution is 2.27. The lowest BCUT2D eigenvalue weighted by Gasteiger charge is -2.08. The van der Waals surface area contributed by atoms with E-state index in [0.29, 0.717) is 10.8 Å². The van der Waals surface area contributed by atoms with Crippen molar-refractivity contribution < 1.29 is 4.79 Å². The quantitative estimate of drug-likeness (QED) is 0.625. The number of nitrogens with one attached hydrogen (secondary N) is 1. The summed E-state index contributed by atoms with van der Waals surface area (Å²) in [6.07, 6.45) is 6.39. The summed E-state index contributed by atoms with van der Waals surface area (Å²) in [6, 6.07) is 7.01. The number of fused-ring (bicyclic) bond motifs is 1. The van der Waals surface area contributed by atoms with Crippen molar-refractivity contribution in [3.05, 3.63) is 51.5 Å². The van der Waals surface area contributed by atoms with Crippen molar-refractivity contribution in [2.45, 2.75) is 52.4 Å². The van der Waals surface area contributed by atoms with Crippen molar-refractivity contribution >= 4 is 22.4 Å². The fraction of sp³-hybridized carbons (Fsp3) is 0.429. The average molecular weight is 366 g/mol. The summed E-state index contributed by atoms with van der Waals surface area (Å²) in [4.78, 5) is 24.9. The van der Waals surface area contributed by atoms with Crippen LogP contribution < -0.4 is 11.0 Å². The highest BCUT2D eigenvalue weighted by molar-refractivity contribution is 6.07. The molecule has 1 aliphatic rings. The van der Waals surface area contributed by atoms with Crippen LogP contribution in [0.2, 0.25) is 0 Å². The number of unbranched alkanes of at least 4 members (excludes halogenated alkanes) is 2. The molecule has 0 radical (unpaired) electrons. The fourth-order valence-electron chi connectivity index (χ4n) is 3.53. The van der Waals surface area contributed by atoms with Gasteiger partial charge < -0.3 is 0 Å². The van der Waals surface area contributed by atoms with Crippen molar-refractivity contribution in [3.63, 3.8) is 0 Å². The number of carbonyl (C=O) groups excluding carboxylic acids is 1. The number of hydrogen-bond acceptors (Lipinski definition) is 4. The molecule has 1 N–H and O–H groups in total. The zero-order valence-corrected chi connectivity index (χ0v) is 16.2. The van der Waals surface area contributed by atoms with E-state index in [9.17, 15) is 9.59 Å². The van der Waals surface area contributed by atoms with E-state index in [4.69, 9.17) is 0 Å². The van der Waals surface area contributed by atoms with E-state index in [1.807, 2.05) is 0 Å². The van der Waals surface area contributed by atoms with Crippen molar-refractivity contribution in [1.82, 2.24) is 15.2 Å². The van der Waals surface area contributed by atoms with Crippen molar-refractivity contribution in [2.75, 3.05) is 0 Å². The molecule has 0 fully saturated rings. The largest absolute Gasteiger partial charge is 0.292 e. The Morgan fingerprint density at radius 1 is 1.22 bits per heavy atom. The molecule has 0 bridgehead atoms. The summed E-state index contributed by atoms with van der Waals surface area (Å²) >= 11 is 0. The molecule has 2 aromatic rings. The second kappa shape index (κ2) is 8.29. The summed E-state index contributed by atoms with van der Waals surface area (Å²) in [5.74, 6) is -0.397. The van der Waals surface area contributed by atoms with Crippen LogP contribution in [0.3, 0.4) is 0 Å². The van der Waals surface area contributed by atoms with Gasteiger partial charge in [-0.2, -0.15) is 10.2 Å². The van der Waals surface area contributed by atoms with E-state index < -0.39 is 5.91 Å². The van der Waals surface area contributed by atoms with E-state index in [2.05, 4.69) is 29.5 Å². The summed E-state index contributed by atoms with van der Waals surface area (Å²) in [5, 5.41) is 9.57. The Kier molecular flexibility index (Phi) is 5.84. The Labute approximate surface area is 159 Å². The van der Waals surface area contributed by atoms with Crippen LogP contribution in [-0.2, 0) is 7.05 Å². The van der Waals surface area contributed by atoms with E-state index in [-0.39, 0.29) is 11.3 Å². The molecule has 0 spiro atoms. The number of allylic oxidation sites excluding steroid dienone is 2. The van der Waals surface area contributed by atoms with Crippen LogP contribution >= 0.6 is 0 Å². The molecule has 1 heterocycles.